The maximum atomic E-state index is 5.63. The third-order valence-electron chi connectivity index (χ3n) is 5.21. The molecule has 0 amide bonds. The summed E-state index contributed by atoms with van der Waals surface area (Å²) in [5, 5.41) is 3.53. The van der Waals surface area contributed by atoms with Crippen molar-refractivity contribution < 1.29 is 9.47 Å². The van der Waals surface area contributed by atoms with Crippen LogP contribution < -0.4 is 10.1 Å². The van der Waals surface area contributed by atoms with Crippen molar-refractivity contribution in [1.29, 1.82) is 0 Å². The molecule has 1 fully saturated rings. The third-order valence-corrected chi connectivity index (χ3v) is 5.21. The van der Waals surface area contributed by atoms with Gasteiger partial charge in [-0.1, -0.05) is 24.3 Å². The quantitative estimate of drug-likeness (QED) is 0.701. The van der Waals surface area contributed by atoms with Crippen molar-refractivity contribution >= 4 is 17.0 Å². The van der Waals surface area contributed by atoms with E-state index in [9.17, 15) is 0 Å². The van der Waals surface area contributed by atoms with E-state index in [1.807, 2.05) is 31.2 Å². The van der Waals surface area contributed by atoms with Crippen molar-refractivity contribution in [2.75, 3.05) is 31.7 Å². The highest BCUT2D eigenvalue weighted by molar-refractivity contribution is 5.77. The van der Waals surface area contributed by atoms with Gasteiger partial charge in [-0.15, -0.1) is 0 Å². The van der Waals surface area contributed by atoms with Crippen LogP contribution in [0.2, 0.25) is 0 Å². The van der Waals surface area contributed by atoms with Gasteiger partial charge in [-0.3, -0.25) is 0 Å². The van der Waals surface area contributed by atoms with Gasteiger partial charge in [0.2, 0.25) is 5.95 Å². The number of rotatable bonds is 6. The normalized spacial score (nSPS) is 16.5. The predicted octanol–water partition coefficient (Wildman–Crippen LogP) is 4.12. The van der Waals surface area contributed by atoms with Gasteiger partial charge in [0.25, 0.3) is 0 Å². The molecule has 0 saturated carbocycles. The minimum atomic E-state index is 0.0436. The fourth-order valence-corrected chi connectivity index (χ4v) is 3.69. The number of benzene rings is 2. The number of para-hydroxylation sites is 2. The lowest BCUT2D eigenvalue weighted by Gasteiger charge is -2.38. The smallest absolute Gasteiger partial charge is 0.201 e. The fourth-order valence-electron chi connectivity index (χ4n) is 3.69. The van der Waals surface area contributed by atoms with E-state index in [-0.39, 0.29) is 5.41 Å². The summed E-state index contributed by atoms with van der Waals surface area (Å²) in [5.41, 5.74) is 3.41. The SMILES string of the molecule is CCOc1ccc(C2(CNc3nc4ccccc4[nH]3)CCOCC2)cc1. The van der Waals surface area contributed by atoms with Crippen LogP contribution in [0, 0.1) is 0 Å². The predicted molar refractivity (Wildman–Crippen MR) is 104 cm³/mol. The van der Waals surface area contributed by atoms with Gasteiger partial charge in [0.1, 0.15) is 5.75 Å². The Bertz CT molecular complexity index is 818. The molecule has 2 aromatic carbocycles. The van der Waals surface area contributed by atoms with E-state index >= 15 is 0 Å². The molecule has 2 N–H and O–H groups in total. The molecule has 5 heteroatoms. The molecule has 1 saturated heterocycles. The first-order valence-electron chi connectivity index (χ1n) is 9.29. The molecule has 136 valence electrons. The second kappa shape index (κ2) is 7.38. The van der Waals surface area contributed by atoms with Crippen LogP contribution in [0.15, 0.2) is 48.5 Å². The number of nitrogens with one attached hydrogen (secondary N) is 2. The van der Waals surface area contributed by atoms with Gasteiger partial charge in [0.05, 0.1) is 17.6 Å². The number of hydrogen-bond acceptors (Lipinski definition) is 4. The maximum Gasteiger partial charge on any atom is 0.201 e. The number of ether oxygens (including phenoxy) is 2. The van der Waals surface area contributed by atoms with Crippen molar-refractivity contribution in [2.45, 2.75) is 25.2 Å². The summed E-state index contributed by atoms with van der Waals surface area (Å²) in [6, 6.07) is 16.6. The summed E-state index contributed by atoms with van der Waals surface area (Å²) in [6.07, 6.45) is 1.99. The van der Waals surface area contributed by atoms with Crippen molar-refractivity contribution in [3.63, 3.8) is 0 Å². The first kappa shape index (κ1) is 16.9. The molecular weight excluding hydrogens is 326 g/mol. The summed E-state index contributed by atoms with van der Waals surface area (Å²) < 4.78 is 11.2. The zero-order chi connectivity index (χ0) is 17.8. The second-order valence-corrected chi connectivity index (χ2v) is 6.81. The zero-order valence-electron chi connectivity index (χ0n) is 15.1. The number of aromatic amines is 1. The summed E-state index contributed by atoms with van der Waals surface area (Å²) in [5.74, 6) is 1.74. The fraction of sp³-hybridized carbons (Fsp3) is 0.381. The first-order valence-corrected chi connectivity index (χ1v) is 9.29. The Morgan fingerprint density at radius 3 is 2.62 bits per heavy atom. The molecule has 0 atom stereocenters. The minimum absolute atomic E-state index is 0.0436. The highest BCUT2D eigenvalue weighted by atomic mass is 16.5. The molecule has 3 aromatic rings. The van der Waals surface area contributed by atoms with Crippen LogP contribution in [0.1, 0.15) is 25.3 Å². The monoisotopic (exact) mass is 351 g/mol. The molecule has 0 unspecified atom stereocenters. The van der Waals surface area contributed by atoms with Crippen LogP contribution in [0.3, 0.4) is 0 Å². The molecule has 2 heterocycles. The number of H-pyrrole nitrogens is 1. The van der Waals surface area contributed by atoms with Gasteiger partial charge in [0.15, 0.2) is 0 Å². The van der Waals surface area contributed by atoms with E-state index < -0.39 is 0 Å². The van der Waals surface area contributed by atoms with Gasteiger partial charge in [-0.2, -0.15) is 0 Å². The van der Waals surface area contributed by atoms with Crippen LogP contribution in [-0.4, -0.2) is 36.3 Å². The van der Waals surface area contributed by atoms with E-state index in [0.29, 0.717) is 6.61 Å². The zero-order valence-corrected chi connectivity index (χ0v) is 15.1. The second-order valence-electron chi connectivity index (χ2n) is 6.81. The third kappa shape index (κ3) is 3.40. The summed E-state index contributed by atoms with van der Waals surface area (Å²) in [4.78, 5) is 8.00. The molecule has 1 aliphatic rings. The van der Waals surface area contributed by atoms with Gasteiger partial charge in [-0.25, -0.2) is 4.98 Å². The maximum absolute atomic E-state index is 5.63. The average Bonchev–Trinajstić information content (AvgIpc) is 3.11. The standard InChI is InChI=1S/C21H25N3O2/c1-2-26-17-9-7-16(8-10-17)21(11-13-25-14-12-21)15-22-20-23-18-5-3-4-6-19(18)24-20/h3-10H,2,11-15H2,1H3,(H2,22,23,24). The Hall–Kier alpha value is -2.53. The molecule has 1 aromatic heterocycles. The molecular formula is C21H25N3O2. The molecule has 1 aliphatic heterocycles. The molecule has 0 bridgehead atoms. The number of fused-ring (bicyclic) bond motifs is 1. The van der Waals surface area contributed by atoms with Crippen LogP contribution >= 0.6 is 0 Å². The number of hydrogen-bond donors (Lipinski definition) is 2. The molecule has 0 spiro atoms. The van der Waals surface area contributed by atoms with Crippen LogP contribution in [0.25, 0.3) is 11.0 Å². The van der Waals surface area contributed by atoms with Crippen molar-refractivity contribution in [3.8, 4) is 5.75 Å². The van der Waals surface area contributed by atoms with E-state index in [1.54, 1.807) is 0 Å². The number of nitrogens with zero attached hydrogens (tertiary/aromatic N) is 1. The van der Waals surface area contributed by atoms with E-state index in [2.05, 4.69) is 39.6 Å². The Labute approximate surface area is 153 Å². The van der Waals surface area contributed by atoms with E-state index in [4.69, 9.17) is 9.47 Å². The molecule has 4 rings (SSSR count). The van der Waals surface area contributed by atoms with Crippen LogP contribution in [0.4, 0.5) is 5.95 Å². The largest absolute Gasteiger partial charge is 0.494 e. The number of imidazole rings is 1. The van der Waals surface area contributed by atoms with E-state index in [0.717, 1.165) is 55.3 Å². The van der Waals surface area contributed by atoms with Crippen molar-refractivity contribution in [3.05, 3.63) is 54.1 Å². The molecule has 26 heavy (non-hydrogen) atoms. The molecule has 0 radical (unpaired) electrons. The summed E-state index contributed by atoms with van der Waals surface area (Å²) >= 11 is 0. The lowest BCUT2D eigenvalue weighted by molar-refractivity contribution is 0.0543. The highest BCUT2D eigenvalue weighted by Gasteiger charge is 2.34. The topological polar surface area (TPSA) is 59.2 Å². The van der Waals surface area contributed by atoms with Gasteiger partial charge < -0.3 is 19.8 Å². The minimum Gasteiger partial charge on any atom is -0.494 e. The Balaban J connectivity index is 1.55. The average molecular weight is 351 g/mol. The first-order chi connectivity index (χ1) is 12.8. The Kier molecular flexibility index (Phi) is 4.80. The van der Waals surface area contributed by atoms with Gasteiger partial charge >= 0.3 is 0 Å². The summed E-state index contributed by atoms with van der Waals surface area (Å²) in [6.45, 7) is 5.09. The van der Waals surface area contributed by atoms with Crippen molar-refractivity contribution in [2.24, 2.45) is 0 Å². The van der Waals surface area contributed by atoms with Gasteiger partial charge in [0, 0.05) is 25.2 Å². The highest BCUT2D eigenvalue weighted by Crippen LogP contribution is 2.36. The Morgan fingerprint density at radius 1 is 1.12 bits per heavy atom. The summed E-state index contributed by atoms with van der Waals surface area (Å²) in [7, 11) is 0. The molecule has 0 aliphatic carbocycles. The number of anilines is 1. The molecule has 5 nitrogen and oxygen atoms in total. The van der Waals surface area contributed by atoms with Crippen LogP contribution in [-0.2, 0) is 10.2 Å². The Morgan fingerprint density at radius 2 is 1.88 bits per heavy atom. The van der Waals surface area contributed by atoms with Gasteiger partial charge in [-0.05, 0) is 49.6 Å². The lowest BCUT2D eigenvalue weighted by Crippen LogP contribution is -2.40. The van der Waals surface area contributed by atoms with E-state index in [1.165, 1.54) is 5.56 Å². The number of aromatic nitrogens is 2. The lowest BCUT2D eigenvalue weighted by atomic mass is 9.74. The van der Waals surface area contributed by atoms with Crippen molar-refractivity contribution in [1.82, 2.24) is 9.97 Å². The van der Waals surface area contributed by atoms with Crippen LogP contribution in [0.5, 0.6) is 5.75 Å².